The van der Waals surface area contributed by atoms with Crippen molar-refractivity contribution in [3.63, 3.8) is 0 Å². The van der Waals surface area contributed by atoms with E-state index in [9.17, 15) is 22.8 Å². The van der Waals surface area contributed by atoms with Crippen LogP contribution in [0, 0.1) is 0 Å². The average Bonchev–Trinajstić information content (AvgIpc) is 3.33. The maximum absolute atomic E-state index is 12.5. The number of halogens is 3. The van der Waals surface area contributed by atoms with E-state index < -0.39 is 12.4 Å². The van der Waals surface area contributed by atoms with Crippen molar-refractivity contribution in [2.75, 3.05) is 5.32 Å². The van der Waals surface area contributed by atoms with Crippen molar-refractivity contribution in [1.82, 2.24) is 9.55 Å². The number of rotatable bonds is 4. The van der Waals surface area contributed by atoms with Crippen molar-refractivity contribution >= 4 is 28.2 Å². The van der Waals surface area contributed by atoms with Crippen LogP contribution in [0.2, 0.25) is 0 Å². The van der Waals surface area contributed by atoms with E-state index >= 15 is 0 Å². The van der Waals surface area contributed by atoms with Crippen molar-refractivity contribution in [2.24, 2.45) is 0 Å². The molecule has 1 unspecified atom stereocenters. The fraction of sp³-hybridized carbons (Fsp3) is 0.167. The summed E-state index contributed by atoms with van der Waals surface area (Å²) in [7, 11) is 0. The van der Waals surface area contributed by atoms with Gasteiger partial charge in [-0.25, -0.2) is 4.98 Å². The Hall–Kier alpha value is -3.14. The van der Waals surface area contributed by atoms with E-state index in [1.807, 2.05) is 0 Å². The number of ether oxygens (including phenoxy) is 1. The van der Waals surface area contributed by atoms with Crippen LogP contribution in [0.15, 0.2) is 48.8 Å². The fourth-order valence-corrected chi connectivity index (χ4v) is 3.80. The summed E-state index contributed by atoms with van der Waals surface area (Å²) < 4.78 is 42.1. The van der Waals surface area contributed by atoms with E-state index in [1.54, 1.807) is 22.9 Å². The molecule has 144 valence electrons. The van der Waals surface area contributed by atoms with E-state index in [1.165, 1.54) is 41.8 Å². The van der Waals surface area contributed by atoms with Crippen LogP contribution in [0.4, 0.5) is 18.3 Å². The van der Waals surface area contributed by atoms with Crippen molar-refractivity contribution in [3.8, 4) is 16.2 Å². The number of benzene rings is 1. The zero-order valence-corrected chi connectivity index (χ0v) is 14.9. The molecule has 3 heterocycles. The minimum Gasteiger partial charge on any atom is -0.406 e. The number of nitrogens with one attached hydrogen (secondary N) is 1. The number of aromatic nitrogens is 2. The standard InChI is InChI=1S/C18H12F3N3O3S/c19-18(20,21)27-11-5-3-10(4-6-11)15-9-22-17(28-15)23-16(26)13-8-14(25)12-2-1-7-24(12)13/h1-7,9,13H,8H2,(H,22,23,26). The van der Waals surface area contributed by atoms with Crippen LogP contribution in [-0.4, -0.2) is 27.6 Å². The number of ketones is 1. The third-order valence-electron chi connectivity index (χ3n) is 4.19. The number of hydrogen-bond acceptors (Lipinski definition) is 5. The number of amides is 1. The van der Waals surface area contributed by atoms with Crippen LogP contribution in [0.1, 0.15) is 23.0 Å². The number of hydrogen-bond donors (Lipinski definition) is 1. The van der Waals surface area contributed by atoms with Gasteiger partial charge in [-0.1, -0.05) is 11.3 Å². The summed E-state index contributed by atoms with van der Waals surface area (Å²) in [5.74, 6) is -0.757. The van der Waals surface area contributed by atoms with Gasteiger partial charge in [-0.15, -0.1) is 13.2 Å². The minimum atomic E-state index is -4.75. The molecule has 28 heavy (non-hydrogen) atoms. The van der Waals surface area contributed by atoms with Crippen LogP contribution < -0.4 is 10.1 Å². The lowest BCUT2D eigenvalue weighted by Crippen LogP contribution is -2.23. The lowest BCUT2D eigenvalue weighted by Gasteiger charge is -2.11. The molecule has 1 aliphatic rings. The van der Waals surface area contributed by atoms with Crippen molar-refractivity contribution in [3.05, 3.63) is 54.5 Å². The van der Waals surface area contributed by atoms with Gasteiger partial charge in [0, 0.05) is 18.8 Å². The maximum Gasteiger partial charge on any atom is 0.573 e. The van der Waals surface area contributed by atoms with Gasteiger partial charge < -0.3 is 14.6 Å². The summed E-state index contributed by atoms with van der Waals surface area (Å²) in [5.41, 5.74) is 1.14. The lowest BCUT2D eigenvalue weighted by atomic mass is 10.2. The zero-order valence-electron chi connectivity index (χ0n) is 14.1. The van der Waals surface area contributed by atoms with Gasteiger partial charge in [0.15, 0.2) is 10.9 Å². The van der Waals surface area contributed by atoms with Gasteiger partial charge in [-0.05, 0) is 42.0 Å². The number of carbonyl (C=O) groups is 2. The Balaban J connectivity index is 1.45. The third kappa shape index (κ3) is 3.63. The maximum atomic E-state index is 12.5. The van der Waals surface area contributed by atoms with E-state index in [4.69, 9.17) is 0 Å². The average molecular weight is 407 g/mol. The second-order valence-electron chi connectivity index (χ2n) is 6.03. The van der Waals surface area contributed by atoms with Crippen molar-refractivity contribution in [2.45, 2.75) is 18.8 Å². The molecule has 0 saturated heterocycles. The highest BCUT2D eigenvalue weighted by molar-refractivity contribution is 7.19. The molecule has 1 N–H and O–H groups in total. The van der Waals surface area contributed by atoms with Gasteiger partial charge in [-0.3, -0.25) is 9.59 Å². The topological polar surface area (TPSA) is 73.2 Å². The van der Waals surface area contributed by atoms with E-state index in [2.05, 4.69) is 15.0 Å². The Bertz CT molecular complexity index is 1040. The molecular weight excluding hydrogens is 395 g/mol. The number of alkyl halides is 3. The lowest BCUT2D eigenvalue weighted by molar-refractivity contribution is -0.274. The number of thiazole rings is 1. The fourth-order valence-electron chi connectivity index (χ4n) is 2.97. The van der Waals surface area contributed by atoms with Gasteiger partial charge in [0.25, 0.3) is 0 Å². The highest BCUT2D eigenvalue weighted by Gasteiger charge is 2.34. The van der Waals surface area contributed by atoms with Gasteiger partial charge in [0.2, 0.25) is 5.91 Å². The largest absolute Gasteiger partial charge is 0.573 e. The normalized spacial score (nSPS) is 16.1. The summed E-state index contributed by atoms with van der Waals surface area (Å²) in [5, 5.41) is 3.03. The molecule has 2 aromatic heterocycles. The molecule has 4 rings (SSSR count). The Morgan fingerprint density at radius 3 is 2.71 bits per heavy atom. The van der Waals surface area contributed by atoms with E-state index in [-0.39, 0.29) is 23.9 Å². The van der Waals surface area contributed by atoms with E-state index in [0.717, 1.165) is 0 Å². The second kappa shape index (κ2) is 6.79. The first-order valence-corrected chi connectivity index (χ1v) is 8.95. The summed E-state index contributed by atoms with van der Waals surface area (Å²) >= 11 is 1.18. The first-order chi connectivity index (χ1) is 13.3. The molecule has 0 fully saturated rings. The predicted molar refractivity (Wildman–Crippen MR) is 95.3 cm³/mol. The molecule has 0 spiro atoms. The number of Topliss-reactive ketones (excluding diaryl/α,β-unsaturated/α-hetero) is 1. The zero-order chi connectivity index (χ0) is 19.9. The van der Waals surface area contributed by atoms with Crippen LogP contribution >= 0.6 is 11.3 Å². The van der Waals surface area contributed by atoms with Crippen molar-refractivity contribution in [1.29, 1.82) is 0 Å². The molecule has 3 aromatic rings. The third-order valence-corrected chi connectivity index (χ3v) is 5.15. The van der Waals surface area contributed by atoms with Crippen LogP contribution in [0.3, 0.4) is 0 Å². The molecule has 0 saturated carbocycles. The first-order valence-electron chi connectivity index (χ1n) is 8.13. The van der Waals surface area contributed by atoms with Gasteiger partial charge in [0.1, 0.15) is 11.8 Å². The number of carbonyl (C=O) groups excluding carboxylic acids is 2. The smallest absolute Gasteiger partial charge is 0.406 e. The predicted octanol–water partition coefficient (Wildman–Crippen LogP) is 4.28. The number of anilines is 1. The van der Waals surface area contributed by atoms with Crippen molar-refractivity contribution < 1.29 is 27.5 Å². The molecule has 1 amide bonds. The van der Waals surface area contributed by atoms with Gasteiger partial charge in [-0.2, -0.15) is 0 Å². The molecule has 0 radical (unpaired) electrons. The SMILES string of the molecule is O=C1CC(C(=O)Nc2ncc(-c3ccc(OC(F)(F)F)cc3)s2)n2cccc21. The highest BCUT2D eigenvalue weighted by atomic mass is 32.1. The molecular formula is C18H12F3N3O3S. The van der Waals surface area contributed by atoms with Gasteiger partial charge >= 0.3 is 6.36 Å². The Kier molecular flexibility index (Phi) is 4.42. The highest BCUT2D eigenvalue weighted by Crippen LogP contribution is 2.33. The Morgan fingerprint density at radius 2 is 2.00 bits per heavy atom. The summed E-state index contributed by atoms with van der Waals surface area (Å²) in [4.78, 5) is 29.2. The molecule has 1 atom stereocenters. The monoisotopic (exact) mass is 407 g/mol. The second-order valence-corrected chi connectivity index (χ2v) is 7.07. The van der Waals surface area contributed by atoms with Crippen LogP contribution in [0.5, 0.6) is 5.75 Å². The quantitative estimate of drug-likeness (QED) is 0.701. The number of nitrogens with zero attached hydrogens (tertiary/aromatic N) is 2. The van der Waals surface area contributed by atoms with Crippen LogP contribution in [-0.2, 0) is 4.79 Å². The van der Waals surface area contributed by atoms with Crippen LogP contribution in [0.25, 0.3) is 10.4 Å². The summed E-state index contributed by atoms with van der Waals surface area (Å²) in [6.45, 7) is 0. The van der Waals surface area contributed by atoms with Gasteiger partial charge in [0.05, 0.1) is 10.6 Å². The Morgan fingerprint density at radius 1 is 1.25 bits per heavy atom. The van der Waals surface area contributed by atoms with E-state index in [0.29, 0.717) is 21.3 Å². The molecule has 1 aliphatic heterocycles. The Labute approximate surface area is 160 Å². The molecule has 0 bridgehead atoms. The number of fused-ring (bicyclic) bond motifs is 1. The summed E-state index contributed by atoms with van der Waals surface area (Å²) in [6, 6.07) is 8.12. The molecule has 1 aromatic carbocycles. The summed E-state index contributed by atoms with van der Waals surface area (Å²) in [6.07, 6.45) is -1.45. The first kappa shape index (κ1) is 18.2. The molecule has 10 heteroatoms. The molecule has 0 aliphatic carbocycles. The molecule has 6 nitrogen and oxygen atoms in total. The minimum absolute atomic E-state index is 0.0915.